The molecule has 0 bridgehead atoms. The monoisotopic (exact) mass is 404 g/mol. The quantitative estimate of drug-likeness (QED) is 0.354. The molecule has 4 rings (SSSR count). The summed E-state index contributed by atoms with van der Waals surface area (Å²) in [5.41, 5.74) is 2.85. The second kappa shape index (κ2) is 7.87. The number of aromatic nitrogens is 1. The lowest BCUT2D eigenvalue weighted by Crippen LogP contribution is -2.23. The topological polar surface area (TPSA) is 77.8 Å². The van der Waals surface area contributed by atoms with Gasteiger partial charge in [-0.15, -0.1) is 0 Å². The molecule has 1 fully saturated rings. The summed E-state index contributed by atoms with van der Waals surface area (Å²) < 4.78 is 12.3. The van der Waals surface area contributed by atoms with E-state index in [0.29, 0.717) is 19.6 Å². The summed E-state index contributed by atoms with van der Waals surface area (Å²) in [5.74, 6) is -0.881. The van der Waals surface area contributed by atoms with Crippen molar-refractivity contribution in [1.29, 1.82) is 0 Å². The van der Waals surface area contributed by atoms with Crippen molar-refractivity contribution in [1.82, 2.24) is 9.47 Å². The fourth-order valence-electron chi connectivity index (χ4n) is 3.55. The number of likely N-dealkylation sites (N-methyl/N-ethyl adjacent to an activating group) is 1. The Morgan fingerprint density at radius 1 is 1.13 bits per heavy atom. The van der Waals surface area contributed by atoms with Gasteiger partial charge in [-0.3, -0.25) is 4.79 Å². The van der Waals surface area contributed by atoms with Gasteiger partial charge in [0, 0.05) is 41.5 Å². The van der Waals surface area contributed by atoms with Crippen LogP contribution in [-0.2, 0) is 25.6 Å². The number of benzene rings is 2. The number of cyclic esters (lactones) is 1. The maximum Gasteiger partial charge on any atom is 0.422 e. The summed E-state index contributed by atoms with van der Waals surface area (Å²) in [4.78, 5) is 35.8. The largest absolute Gasteiger partial charge is 0.462 e. The van der Waals surface area contributed by atoms with Crippen LogP contribution in [0.1, 0.15) is 12.0 Å². The normalized spacial score (nSPS) is 15.2. The molecule has 7 nitrogen and oxygen atoms in total. The van der Waals surface area contributed by atoms with E-state index in [9.17, 15) is 14.4 Å². The average Bonchev–Trinajstić information content (AvgIpc) is 3.20. The van der Waals surface area contributed by atoms with Crippen LogP contribution < -0.4 is 0 Å². The van der Waals surface area contributed by atoms with Crippen LogP contribution >= 0.6 is 0 Å². The first kappa shape index (κ1) is 19.4. The molecular weight excluding hydrogens is 384 g/mol. The Balaban J connectivity index is 1.68. The molecule has 0 N–H and O–H groups in total. The Labute approximate surface area is 172 Å². The predicted octanol–water partition coefficient (Wildman–Crippen LogP) is 3.86. The molecule has 30 heavy (non-hydrogen) atoms. The van der Waals surface area contributed by atoms with E-state index in [-0.39, 0.29) is 5.76 Å². The van der Waals surface area contributed by atoms with Crippen LogP contribution in [-0.4, -0.2) is 41.1 Å². The lowest BCUT2D eigenvalue weighted by molar-refractivity contribution is -0.137. The molecule has 152 valence electrons. The molecule has 0 unspecified atom stereocenters. The summed E-state index contributed by atoms with van der Waals surface area (Å²) in [6.45, 7) is 4.38. The number of nitrogens with zero attached hydrogens (tertiary/aromatic N) is 2. The third-order valence-corrected chi connectivity index (χ3v) is 5.02. The van der Waals surface area contributed by atoms with Gasteiger partial charge in [-0.2, -0.15) is 0 Å². The van der Waals surface area contributed by atoms with Crippen molar-refractivity contribution in [2.75, 3.05) is 13.7 Å². The van der Waals surface area contributed by atoms with Crippen molar-refractivity contribution in [3.8, 4) is 0 Å². The number of esters is 1. The summed E-state index contributed by atoms with van der Waals surface area (Å²) in [6, 6.07) is 13.9. The van der Waals surface area contributed by atoms with Gasteiger partial charge >= 0.3 is 12.1 Å². The van der Waals surface area contributed by atoms with E-state index in [1.807, 2.05) is 42.5 Å². The van der Waals surface area contributed by atoms with Gasteiger partial charge in [0.15, 0.2) is 5.76 Å². The summed E-state index contributed by atoms with van der Waals surface area (Å²) in [6.07, 6.45) is 2.71. The molecule has 1 aliphatic heterocycles. The molecular formula is C23H20N2O5. The highest BCUT2D eigenvalue weighted by Gasteiger charge is 2.33. The van der Waals surface area contributed by atoms with Gasteiger partial charge in [0.25, 0.3) is 5.91 Å². The van der Waals surface area contributed by atoms with Crippen LogP contribution in [0, 0.1) is 0 Å². The smallest absolute Gasteiger partial charge is 0.422 e. The van der Waals surface area contributed by atoms with E-state index < -0.39 is 18.0 Å². The number of hydrogen-bond acceptors (Lipinski definition) is 5. The Morgan fingerprint density at radius 3 is 2.63 bits per heavy atom. The van der Waals surface area contributed by atoms with Gasteiger partial charge in [0.2, 0.25) is 0 Å². The first-order valence-corrected chi connectivity index (χ1v) is 9.51. The van der Waals surface area contributed by atoms with Gasteiger partial charge in [-0.05, 0) is 36.3 Å². The number of carbonyl (C=O) groups is 3. The Bertz CT molecular complexity index is 1220. The van der Waals surface area contributed by atoms with E-state index in [2.05, 4.69) is 11.1 Å². The molecule has 3 aromatic rings. The first-order chi connectivity index (χ1) is 14.5. The molecule has 0 radical (unpaired) electrons. The Hall–Kier alpha value is -3.87. The summed E-state index contributed by atoms with van der Waals surface area (Å²) >= 11 is 0. The molecule has 0 atom stereocenters. The fraction of sp³-hybridized carbons (Fsp3) is 0.174. The third-order valence-electron chi connectivity index (χ3n) is 5.02. The highest BCUT2D eigenvalue weighted by molar-refractivity contribution is 6.11. The Kier molecular flexibility index (Phi) is 5.10. The van der Waals surface area contributed by atoms with Crippen LogP contribution in [0.2, 0.25) is 0 Å². The number of carbonyl (C=O) groups excluding carboxylic acids is 3. The highest BCUT2D eigenvalue weighted by atomic mass is 16.6. The summed E-state index contributed by atoms with van der Waals surface area (Å²) in [7, 11) is 1.38. The Morgan fingerprint density at radius 2 is 1.90 bits per heavy atom. The molecule has 7 heteroatoms. The minimum Gasteiger partial charge on any atom is -0.462 e. The number of hydrogen-bond donors (Lipinski definition) is 0. The van der Waals surface area contributed by atoms with Crippen molar-refractivity contribution < 1.29 is 23.9 Å². The van der Waals surface area contributed by atoms with E-state index in [1.54, 1.807) is 6.08 Å². The highest BCUT2D eigenvalue weighted by Crippen LogP contribution is 2.31. The van der Waals surface area contributed by atoms with Crippen molar-refractivity contribution >= 4 is 45.9 Å². The molecule has 0 saturated carbocycles. The molecule has 2 aromatic carbocycles. The van der Waals surface area contributed by atoms with Crippen LogP contribution in [0.25, 0.3) is 27.9 Å². The zero-order valence-corrected chi connectivity index (χ0v) is 16.5. The second-order valence-electron chi connectivity index (χ2n) is 6.91. The zero-order chi connectivity index (χ0) is 21.3. The zero-order valence-electron chi connectivity index (χ0n) is 16.5. The van der Waals surface area contributed by atoms with Crippen molar-refractivity contribution in [3.63, 3.8) is 0 Å². The van der Waals surface area contributed by atoms with Crippen LogP contribution in [0.15, 0.2) is 60.9 Å². The van der Waals surface area contributed by atoms with Crippen LogP contribution in [0.3, 0.4) is 0 Å². The number of amides is 2. The van der Waals surface area contributed by atoms with E-state index in [0.717, 1.165) is 38.3 Å². The average molecular weight is 404 g/mol. The molecule has 1 aliphatic rings. The molecule has 0 spiro atoms. The number of imide groups is 1. The maximum absolute atomic E-state index is 12.1. The SMILES string of the molecule is C=CC(=O)OCCCn1c2ccccc2c2cc(C=C3OC(=O)N(C)C3=O)ccc21. The maximum atomic E-state index is 12.1. The first-order valence-electron chi connectivity index (χ1n) is 9.51. The van der Waals surface area contributed by atoms with Crippen LogP contribution in [0.4, 0.5) is 4.79 Å². The standard InChI is InChI=1S/C23H20N2O5/c1-3-21(26)29-12-6-11-25-18-8-5-4-7-16(18)17-13-15(9-10-19(17)25)14-20-22(27)24(2)23(28)30-20/h3-5,7-10,13-14H,1,6,11-12H2,2H3. The molecule has 1 saturated heterocycles. The second-order valence-corrected chi connectivity index (χ2v) is 6.91. The van der Waals surface area contributed by atoms with Crippen molar-refractivity contribution in [2.45, 2.75) is 13.0 Å². The third kappa shape index (κ3) is 3.45. The molecule has 2 heterocycles. The lowest BCUT2D eigenvalue weighted by atomic mass is 10.1. The van der Waals surface area contributed by atoms with Crippen molar-refractivity contribution in [3.05, 3.63) is 66.4 Å². The molecule has 1 aromatic heterocycles. The number of ether oxygens (including phenoxy) is 2. The van der Waals surface area contributed by atoms with Gasteiger partial charge in [-0.1, -0.05) is 30.8 Å². The molecule has 0 aliphatic carbocycles. The number of rotatable bonds is 6. The van der Waals surface area contributed by atoms with Gasteiger partial charge in [-0.25, -0.2) is 14.5 Å². The van der Waals surface area contributed by atoms with Crippen molar-refractivity contribution in [2.24, 2.45) is 0 Å². The number of fused-ring (bicyclic) bond motifs is 3. The number of aryl methyl sites for hydroxylation is 1. The van der Waals surface area contributed by atoms with Gasteiger partial charge in [0.05, 0.1) is 6.61 Å². The summed E-state index contributed by atoms with van der Waals surface area (Å²) in [5, 5.41) is 2.09. The fourth-order valence-corrected chi connectivity index (χ4v) is 3.55. The predicted molar refractivity (Wildman–Crippen MR) is 112 cm³/mol. The van der Waals surface area contributed by atoms with E-state index >= 15 is 0 Å². The van der Waals surface area contributed by atoms with E-state index in [1.165, 1.54) is 7.05 Å². The van der Waals surface area contributed by atoms with E-state index in [4.69, 9.17) is 9.47 Å². The van der Waals surface area contributed by atoms with Gasteiger partial charge < -0.3 is 14.0 Å². The van der Waals surface area contributed by atoms with Gasteiger partial charge in [0.1, 0.15) is 0 Å². The molecule has 2 amide bonds. The minimum atomic E-state index is -0.680. The number of para-hydroxylation sites is 1. The minimum absolute atomic E-state index is 0.00891. The lowest BCUT2D eigenvalue weighted by Gasteiger charge is -2.08. The van der Waals surface area contributed by atoms with Crippen LogP contribution in [0.5, 0.6) is 0 Å².